The van der Waals surface area contributed by atoms with Gasteiger partial charge in [0, 0.05) is 31.0 Å². The van der Waals surface area contributed by atoms with Crippen molar-refractivity contribution >= 4 is 17.4 Å². The molecule has 102 valence electrons. The Morgan fingerprint density at radius 1 is 1.10 bits per heavy atom. The van der Waals surface area contributed by atoms with Crippen molar-refractivity contribution in [3.63, 3.8) is 0 Å². The summed E-state index contributed by atoms with van der Waals surface area (Å²) >= 11 is 0. The predicted octanol–water partition coefficient (Wildman–Crippen LogP) is 2.33. The monoisotopic (exact) mass is 268 g/mol. The molecule has 1 N–H and O–H groups in total. The van der Waals surface area contributed by atoms with Gasteiger partial charge in [-0.2, -0.15) is 0 Å². The third-order valence-corrected chi connectivity index (χ3v) is 3.38. The second-order valence-corrected chi connectivity index (χ2v) is 4.79. The number of carbonyl (C=O) groups excluding carboxylic acids is 1. The van der Waals surface area contributed by atoms with Gasteiger partial charge in [0.2, 0.25) is 0 Å². The lowest BCUT2D eigenvalue weighted by molar-refractivity contribution is 0.102. The molecule has 5 nitrogen and oxygen atoms in total. The summed E-state index contributed by atoms with van der Waals surface area (Å²) in [5, 5.41) is 2.83. The molecule has 0 bridgehead atoms. The molecule has 0 aliphatic carbocycles. The van der Waals surface area contributed by atoms with Gasteiger partial charge in [0.25, 0.3) is 5.91 Å². The fraction of sp³-hybridized carbons (Fsp3) is 0.267. The van der Waals surface area contributed by atoms with E-state index in [0.717, 1.165) is 18.9 Å². The van der Waals surface area contributed by atoms with Gasteiger partial charge in [0.15, 0.2) is 0 Å². The summed E-state index contributed by atoms with van der Waals surface area (Å²) in [5.74, 6) is 0.826. The minimum Gasteiger partial charge on any atom is -0.357 e. The van der Waals surface area contributed by atoms with E-state index in [4.69, 9.17) is 0 Å². The van der Waals surface area contributed by atoms with Crippen molar-refractivity contribution in [1.82, 2.24) is 9.97 Å². The molecule has 0 saturated carbocycles. The molecule has 1 amide bonds. The Morgan fingerprint density at radius 2 is 1.85 bits per heavy atom. The van der Waals surface area contributed by atoms with E-state index in [1.807, 2.05) is 12.1 Å². The molecule has 2 aromatic rings. The topological polar surface area (TPSA) is 58.1 Å². The molecule has 0 radical (unpaired) electrons. The first-order valence-electron chi connectivity index (χ1n) is 6.75. The SMILES string of the molecule is O=C(Nc1ccc(N2CCCC2)nc1)c1ccncc1. The summed E-state index contributed by atoms with van der Waals surface area (Å²) in [5.41, 5.74) is 1.29. The summed E-state index contributed by atoms with van der Waals surface area (Å²) in [4.78, 5) is 22.5. The highest BCUT2D eigenvalue weighted by Crippen LogP contribution is 2.19. The molecule has 1 aliphatic rings. The third-order valence-electron chi connectivity index (χ3n) is 3.38. The molecule has 1 saturated heterocycles. The smallest absolute Gasteiger partial charge is 0.255 e. The van der Waals surface area contributed by atoms with Crippen molar-refractivity contribution in [3.8, 4) is 0 Å². The minimum absolute atomic E-state index is 0.150. The lowest BCUT2D eigenvalue weighted by Crippen LogP contribution is -2.19. The highest BCUT2D eigenvalue weighted by atomic mass is 16.1. The lowest BCUT2D eigenvalue weighted by atomic mass is 10.2. The first kappa shape index (κ1) is 12.6. The van der Waals surface area contributed by atoms with Crippen LogP contribution in [0.1, 0.15) is 23.2 Å². The molecule has 1 aliphatic heterocycles. The fourth-order valence-corrected chi connectivity index (χ4v) is 2.30. The van der Waals surface area contributed by atoms with Crippen LogP contribution in [0.2, 0.25) is 0 Å². The third kappa shape index (κ3) is 2.77. The van der Waals surface area contributed by atoms with Gasteiger partial charge >= 0.3 is 0 Å². The Morgan fingerprint density at radius 3 is 2.50 bits per heavy atom. The van der Waals surface area contributed by atoms with Crippen LogP contribution in [0.25, 0.3) is 0 Å². The summed E-state index contributed by atoms with van der Waals surface area (Å²) < 4.78 is 0. The molecule has 3 heterocycles. The van der Waals surface area contributed by atoms with Crippen LogP contribution < -0.4 is 10.2 Å². The molecule has 5 heteroatoms. The molecule has 2 aromatic heterocycles. The molecular weight excluding hydrogens is 252 g/mol. The van der Waals surface area contributed by atoms with Crippen LogP contribution in [0.3, 0.4) is 0 Å². The van der Waals surface area contributed by atoms with Crippen molar-refractivity contribution in [2.75, 3.05) is 23.3 Å². The number of hydrogen-bond acceptors (Lipinski definition) is 4. The van der Waals surface area contributed by atoms with Crippen molar-refractivity contribution in [1.29, 1.82) is 0 Å². The van der Waals surface area contributed by atoms with E-state index in [2.05, 4.69) is 20.2 Å². The number of nitrogens with zero attached hydrogens (tertiary/aromatic N) is 3. The predicted molar refractivity (Wildman–Crippen MR) is 77.9 cm³/mol. The Kier molecular flexibility index (Phi) is 3.58. The Hall–Kier alpha value is -2.43. The maximum absolute atomic E-state index is 12.0. The zero-order chi connectivity index (χ0) is 13.8. The lowest BCUT2D eigenvalue weighted by Gasteiger charge is -2.16. The number of nitrogens with one attached hydrogen (secondary N) is 1. The van der Waals surface area contributed by atoms with Crippen molar-refractivity contribution < 1.29 is 4.79 Å². The zero-order valence-corrected chi connectivity index (χ0v) is 11.1. The molecule has 0 unspecified atom stereocenters. The van der Waals surface area contributed by atoms with Crippen LogP contribution in [-0.4, -0.2) is 29.0 Å². The number of anilines is 2. The molecule has 1 fully saturated rings. The molecule has 0 spiro atoms. The van der Waals surface area contributed by atoms with E-state index in [1.165, 1.54) is 12.8 Å². The Labute approximate surface area is 117 Å². The van der Waals surface area contributed by atoms with Gasteiger partial charge in [-0.1, -0.05) is 0 Å². The summed E-state index contributed by atoms with van der Waals surface area (Å²) in [6.07, 6.45) is 7.35. The average molecular weight is 268 g/mol. The number of hydrogen-bond donors (Lipinski definition) is 1. The quantitative estimate of drug-likeness (QED) is 0.928. The summed E-state index contributed by atoms with van der Waals surface area (Å²) in [7, 11) is 0. The van der Waals surface area contributed by atoms with E-state index >= 15 is 0 Å². The van der Waals surface area contributed by atoms with Gasteiger partial charge in [-0.15, -0.1) is 0 Å². The zero-order valence-electron chi connectivity index (χ0n) is 11.1. The largest absolute Gasteiger partial charge is 0.357 e. The van der Waals surface area contributed by atoms with Gasteiger partial charge in [-0.25, -0.2) is 4.98 Å². The average Bonchev–Trinajstić information content (AvgIpc) is 3.03. The fourth-order valence-electron chi connectivity index (χ4n) is 2.30. The van der Waals surface area contributed by atoms with Gasteiger partial charge in [0.05, 0.1) is 11.9 Å². The highest BCUT2D eigenvalue weighted by Gasteiger charge is 2.13. The summed E-state index contributed by atoms with van der Waals surface area (Å²) in [6, 6.07) is 7.20. The van der Waals surface area contributed by atoms with E-state index in [-0.39, 0.29) is 5.91 Å². The first-order chi connectivity index (χ1) is 9.83. The molecule has 3 rings (SSSR count). The molecule has 0 aromatic carbocycles. The van der Waals surface area contributed by atoms with Crippen molar-refractivity contribution in [2.45, 2.75) is 12.8 Å². The maximum Gasteiger partial charge on any atom is 0.255 e. The van der Waals surface area contributed by atoms with Crippen LogP contribution >= 0.6 is 0 Å². The number of rotatable bonds is 3. The molecule has 0 atom stereocenters. The molecular formula is C15H16N4O. The van der Waals surface area contributed by atoms with E-state index in [0.29, 0.717) is 11.3 Å². The number of carbonyl (C=O) groups is 1. The van der Waals surface area contributed by atoms with Crippen LogP contribution in [0.15, 0.2) is 42.9 Å². The first-order valence-corrected chi connectivity index (χ1v) is 6.75. The number of pyridine rings is 2. The van der Waals surface area contributed by atoms with Gasteiger partial charge < -0.3 is 10.2 Å². The normalized spacial score (nSPS) is 14.3. The van der Waals surface area contributed by atoms with Gasteiger partial charge in [-0.3, -0.25) is 9.78 Å². The van der Waals surface area contributed by atoms with E-state index in [1.54, 1.807) is 30.7 Å². The van der Waals surface area contributed by atoms with Crippen LogP contribution in [0, 0.1) is 0 Å². The van der Waals surface area contributed by atoms with Crippen molar-refractivity contribution in [2.24, 2.45) is 0 Å². The molecule has 20 heavy (non-hydrogen) atoms. The van der Waals surface area contributed by atoms with E-state index < -0.39 is 0 Å². The number of aromatic nitrogens is 2. The van der Waals surface area contributed by atoms with Crippen LogP contribution in [-0.2, 0) is 0 Å². The maximum atomic E-state index is 12.0. The second kappa shape index (κ2) is 5.69. The van der Waals surface area contributed by atoms with Crippen LogP contribution in [0.5, 0.6) is 0 Å². The number of amides is 1. The minimum atomic E-state index is -0.150. The summed E-state index contributed by atoms with van der Waals surface area (Å²) in [6.45, 7) is 2.13. The van der Waals surface area contributed by atoms with Gasteiger partial charge in [-0.05, 0) is 37.1 Å². The van der Waals surface area contributed by atoms with E-state index in [9.17, 15) is 4.79 Å². The Balaban J connectivity index is 1.67. The highest BCUT2D eigenvalue weighted by molar-refractivity contribution is 6.04. The van der Waals surface area contributed by atoms with Gasteiger partial charge in [0.1, 0.15) is 5.82 Å². The standard InChI is InChI=1S/C15H16N4O/c20-15(12-5-7-16-8-6-12)18-13-3-4-14(17-11-13)19-9-1-2-10-19/h3-8,11H,1-2,9-10H2,(H,18,20). The van der Waals surface area contributed by atoms with Crippen molar-refractivity contribution in [3.05, 3.63) is 48.4 Å². The second-order valence-electron chi connectivity index (χ2n) is 4.79. The Bertz CT molecular complexity index is 577. The van der Waals surface area contributed by atoms with Crippen LogP contribution in [0.4, 0.5) is 11.5 Å².